The van der Waals surface area contributed by atoms with Crippen LogP contribution in [0.3, 0.4) is 0 Å². The van der Waals surface area contributed by atoms with E-state index in [4.69, 9.17) is 4.74 Å². The molecule has 0 saturated heterocycles. The Bertz CT molecular complexity index is 422. The highest BCUT2D eigenvalue weighted by Gasteiger charge is 2.16. The number of methoxy groups -OCH3 is 1. The van der Waals surface area contributed by atoms with Crippen LogP contribution in [0.1, 0.15) is 16.9 Å². The summed E-state index contributed by atoms with van der Waals surface area (Å²) in [6.45, 7) is 4.79. The first kappa shape index (κ1) is 14.8. The highest BCUT2D eigenvalue weighted by Crippen LogP contribution is 2.13. The Morgan fingerprint density at radius 3 is 3.20 bits per heavy atom. The average molecular weight is 281 g/mol. The Morgan fingerprint density at radius 1 is 1.60 bits per heavy atom. The van der Waals surface area contributed by atoms with Crippen LogP contribution in [0.15, 0.2) is 6.20 Å². The molecule has 2 rings (SSSR count). The van der Waals surface area contributed by atoms with Crippen LogP contribution in [0.5, 0.6) is 0 Å². The van der Waals surface area contributed by atoms with Gasteiger partial charge in [-0.05, 0) is 13.5 Å². The van der Waals surface area contributed by atoms with Crippen molar-refractivity contribution in [2.24, 2.45) is 0 Å². The van der Waals surface area contributed by atoms with Crippen molar-refractivity contribution in [1.82, 2.24) is 19.8 Å². The van der Waals surface area contributed by atoms with E-state index >= 15 is 0 Å². The van der Waals surface area contributed by atoms with Crippen molar-refractivity contribution < 1.29 is 9.53 Å². The van der Waals surface area contributed by atoms with Crippen molar-refractivity contribution in [3.63, 3.8) is 0 Å². The lowest BCUT2D eigenvalue weighted by molar-refractivity contribution is 0.0943. The predicted molar refractivity (Wildman–Crippen MR) is 77.0 cm³/mol. The Morgan fingerprint density at radius 2 is 2.45 bits per heavy atom. The van der Waals surface area contributed by atoms with Crippen molar-refractivity contribution in [1.29, 1.82) is 0 Å². The maximum atomic E-state index is 12.0. The van der Waals surface area contributed by atoms with E-state index in [1.807, 2.05) is 17.8 Å². The van der Waals surface area contributed by atoms with Gasteiger partial charge in [0, 0.05) is 46.0 Å². The van der Waals surface area contributed by atoms with Gasteiger partial charge in [0.2, 0.25) is 5.95 Å². The van der Waals surface area contributed by atoms with Gasteiger partial charge >= 0.3 is 0 Å². The summed E-state index contributed by atoms with van der Waals surface area (Å²) in [4.78, 5) is 18.4. The molecule has 112 valence electrons. The molecule has 2 heterocycles. The van der Waals surface area contributed by atoms with E-state index in [9.17, 15) is 4.79 Å². The van der Waals surface area contributed by atoms with Gasteiger partial charge in [-0.2, -0.15) is 0 Å². The summed E-state index contributed by atoms with van der Waals surface area (Å²) in [5.41, 5.74) is 0.481. The van der Waals surface area contributed by atoms with Crippen LogP contribution in [0, 0.1) is 0 Å². The molecule has 0 spiro atoms. The molecule has 1 aromatic rings. The van der Waals surface area contributed by atoms with Crippen molar-refractivity contribution in [3.8, 4) is 0 Å². The smallest absolute Gasteiger partial charge is 0.271 e. The summed E-state index contributed by atoms with van der Waals surface area (Å²) in [6.07, 6.45) is 2.88. The van der Waals surface area contributed by atoms with Crippen LogP contribution >= 0.6 is 0 Å². The Hall–Kier alpha value is -1.60. The van der Waals surface area contributed by atoms with E-state index in [0.29, 0.717) is 18.8 Å². The molecule has 0 unspecified atom stereocenters. The summed E-state index contributed by atoms with van der Waals surface area (Å²) >= 11 is 0. The maximum Gasteiger partial charge on any atom is 0.271 e. The first-order valence-corrected chi connectivity index (χ1v) is 6.97. The van der Waals surface area contributed by atoms with Crippen molar-refractivity contribution in [2.75, 3.05) is 52.3 Å². The average Bonchev–Trinajstić information content (AvgIpc) is 2.89. The van der Waals surface area contributed by atoms with E-state index in [1.54, 1.807) is 7.11 Å². The zero-order valence-corrected chi connectivity index (χ0v) is 12.2. The highest BCUT2D eigenvalue weighted by molar-refractivity contribution is 5.92. The Labute approximate surface area is 119 Å². The zero-order chi connectivity index (χ0) is 14.4. The third-order valence-electron chi connectivity index (χ3n) is 3.32. The lowest BCUT2D eigenvalue weighted by atomic mass is 10.4. The fraction of sp³-hybridized carbons (Fsp3) is 0.692. The van der Waals surface area contributed by atoms with E-state index in [1.165, 1.54) is 0 Å². The molecule has 7 nitrogen and oxygen atoms in total. The number of hydrogen-bond donors (Lipinski definition) is 2. The predicted octanol–water partition coefficient (Wildman–Crippen LogP) is 0.00670. The van der Waals surface area contributed by atoms with Crippen molar-refractivity contribution in [2.45, 2.75) is 13.0 Å². The molecule has 1 aliphatic heterocycles. The number of nitrogens with zero attached hydrogens (tertiary/aromatic N) is 3. The number of rotatable bonds is 7. The summed E-state index contributed by atoms with van der Waals surface area (Å²) in [6, 6.07) is 0. The number of fused-ring (bicyclic) bond motifs is 1. The number of hydrogen-bond acceptors (Lipinski definition) is 5. The van der Waals surface area contributed by atoms with Gasteiger partial charge in [-0.1, -0.05) is 0 Å². The lowest BCUT2D eigenvalue weighted by Gasteiger charge is -2.15. The quantitative estimate of drug-likeness (QED) is 0.736. The minimum Gasteiger partial charge on any atom is -0.383 e. The number of anilines is 1. The third-order valence-corrected chi connectivity index (χ3v) is 3.32. The fourth-order valence-corrected chi connectivity index (χ4v) is 2.10. The van der Waals surface area contributed by atoms with Crippen LogP contribution in [-0.2, 0) is 11.3 Å². The highest BCUT2D eigenvalue weighted by atomic mass is 16.5. The monoisotopic (exact) mass is 281 g/mol. The van der Waals surface area contributed by atoms with Crippen LogP contribution in [-0.4, -0.2) is 67.3 Å². The SMILES string of the molecule is COCCN(C)CCNC(=O)c1cn2c(n1)NCCC2. The molecule has 1 aromatic heterocycles. The van der Waals surface area contributed by atoms with Crippen LogP contribution in [0.2, 0.25) is 0 Å². The summed E-state index contributed by atoms with van der Waals surface area (Å²) in [5.74, 6) is 0.674. The summed E-state index contributed by atoms with van der Waals surface area (Å²) in [7, 11) is 3.69. The molecule has 2 N–H and O–H groups in total. The van der Waals surface area contributed by atoms with Gasteiger partial charge in [0.25, 0.3) is 5.91 Å². The molecular weight excluding hydrogens is 258 g/mol. The minimum absolute atomic E-state index is 0.117. The Kier molecular flexibility index (Phi) is 5.37. The second kappa shape index (κ2) is 7.25. The molecule has 0 aromatic carbocycles. The molecule has 0 radical (unpaired) electrons. The molecular formula is C13H23N5O2. The van der Waals surface area contributed by atoms with Gasteiger partial charge in [-0.15, -0.1) is 0 Å². The van der Waals surface area contributed by atoms with Crippen molar-refractivity contribution in [3.05, 3.63) is 11.9 Å². The molecule has 0 atom stereocenters. The van der Waals surface area contributed by atoms with Crippen LogP contribution < -0.4 is 10.6 Å². The number of nitrogens with one attached hydrogen (secondary N) is 2. The molecule has 1 amide bonds. The first-order valence-electron chi connectivity index (χ1n) is 6.97. The molecule has 1 aliphatic rings. The number of likely N-dealkylation sites (N-methyl/N-ethyl adjacent to an activating group) is 1. The second-order valence-electron chi connectivity index (χ2n) is 4.98. The molecule has 0 fully saturated rings. The fourth-order valence-electron chi connectivity index (χ4n) is 2.10. The summed E-state index contributed by atoms with van der Waals surface area (Å²) < 4.78 is 7.00. The van der Waals surface area contributed by atoms with Gasteiger partial charge in [-0.3, -0.25) is 4.79 Å². The molecule has 7 heteroatoms. The summed E-state index contributed by atoms with van der Waals surface area (Å²) in [5, 5.41) is 6.08. The van der Waals surface area contributed by atoms with Gasteiger partial charge in [-0.25, -0.2) is 4.98 Å². The molecule has 0 aliphatic carbocycles. The zero-order valence-electron chi connectivity index (χ0n) is 12.2. The number of amides is 1. The van der Waals surface area contributed by atoms with Gasteiger partial charge in [0.15, 0.2) is 0 Å². The second-order valence-corrected chi connectivity index (χ2v) is 4.98. The lowest BCUT2D eigenvalue weighted by Crippen LogP contribution is -2.34. The van der Waals surface area contributed by atoms with Gasteiger partial charge < -0.3 is 24.8 Å². The number of imidazole rings is 1. The largest absolute Gasteiger partial charge is 0.383 e. The standard InChI is InChI=1S/C13H23N5O2/c1-17(8-9-20-2)7-5-14-12(19)11-10-18-6-3-4-15-13(18)16-11/h10H,3-9H2,1-2H3,(H,14,19)(H,15,16). The van der Waals surface area contributed by atoms with Gasteiger partial charge in [0.05, 0.1) is 6.61 Å². The van der Waals surface area contributed by atoms with E-state index in [-0.39, 0.29) is 5.91 Å². The number of ether oxygens (including phenoxy) is 1. The molecule has 20 heavy (non-hydrogen) atoms. The first-order chi connectivity index (χ1) is 9.70. The van der Waals surface area contributed by atoms with E-state index < -0.39 is 0 Å². The van der Waals surface area contributed by atoms with Crippen molar-refractivity contribution >= 4 is 11.9 Å². The molecule has 0 saturated carbocycles. The van der Waals surface area contributed by atoms with Crippen LogP contribution in [0.4, 0.5) is 5.95 Å². The maximum absolute atomic E-state index is 12.0. The minimum atomic E-state index is -0.117. The number of carbonyl (C=O) groups excluding carboxylic acids is 1. The Balaban J connectivity index is 1.76. The van der Waals surface area contributed by atoms with Gasteiger partial charge in [0.1, 0.15) is 5.69 Å². The number of carbonyl (C=O) groups is 1. The van der Waals surface area contributed by atoms with E-state index in [2.05, 4.69) is 20.5 Å². The number of aromatic nitrogens is 2. The normalized spacial score (nSPS) is 13.9. The van der Waals surface area contributed by atoms with E-state index in [0.717, 1.165) is 38.5 Å². The molecule has 0 bridgehead atoms. The topological polar surface area (TPSA) is 71.4 Å². The number of aryl methyl sites for hydroxylation is 1. The third kappa shape index (κ3) is 3.94. The van der Waals surface area contributed by atoms with Crippen LogP contribution in [0.25, 0.3) is 0 Å².